The number of amides is 1. The van der Waals surface area contributed by atoms with Gasteiger partial charge in [-0.2, -0.15) is 0 Å². The molecule has 28 heavy (non-hydrogen) atoms. The summed E-state index contributed by atoms with van der Waals surface area (Å²) in [6.45, 7) is 0.321. The molecule has 0 heterocycles. The maximum atomic E-state index is 12.8. The standard InChI is InChI=1S/C21H19ClN2O3S/c1-24(28(26,27)20-11-3-2-4-12-20)19-10-6-8-17(14-19)21(25)23-15-16-7-5-9-18(22)13-16/h2-14H,15H2,1H3,(H,23,25). The van der Waals surface area contributed by atoms with Gasteiger partial charge in [-0.15, -0.1) is 0 Å². The Labute approximate surface area is 169 Å². The number of hydrogen-bond acceptors (Lipinski definition) is 3. The van der Waals surface area contributed by atoms with Gasteiger partial charge in [0, 0.05) is 24.2 Å². The first-order chi connectivity index (χ1) is 13.4. The molecule has 0 aliphatic heterocycles. The lowest BCUT2D eigenvalue weighted by Crippen LogP contribution is -2.27. The largest absolute Gasteiger partial charge is 0.348 e. The molecule has 144 valence electrons. The van der Waals surface area contributed by atoms with Crippen molar-refractivity contribution in [2.24, 2.45) is 0 Å². The third kappa shape index (κ3) is 4.52. The summed E-state index contributed by atoms with van der Waals surface area (Å²) < 4.78 is 26.7. The van der Waals surface area contributed by atoms with Crippen molar-refractivity contribution in [1.82, 2.24) is 5.32 Å². The normalized spacial score (nSPS) is 11.1. The Bertz CT molecular complexity index is 1090. The number of sulfonamides is 1. The molecule has 0 aliphatic rings. The van der Waals surface area contributed by atoms with E-state index >= 15 is 0 Å². The average molecular weight is 415 g/mol. The van der Waals surface area contributed by atoms with Crippen LogP contribution in [0.3, 0.4) is 0 Å². The molecular weight excluding hydrogens is 396 g/mol. The van der Waals surface area contributed by atoms with Crippen LogP contribution in [0.1, 0.15) is 15.9 Å². The predicted molar refractivity (Wildman–Crippen MR) is 111 cm³/mol. The maximum Gasteiger partial charge on any atom is 0.264 e. The molecule has 0 radical (unpaired) electrons. The highest BCUT2D eigenvalue weighted by Gasteiger charge is 2.21. The van der Waals surface area contributed by atoms with Crippen LogP contribution in [-0.2, 0) is 16.6 Å². The van der Waals surface area contributed by atoms with Crippen LogP contribution < -0.4 is 9.62 Å². The Morgan fingerprint density at radius 1 is 0.964 bits per heavy atom. The third-order valence-corrected chi connectivity index (χ3v) is 6.25. The van der Waals surface area contributed by atoms with Crippen molar-refractivity contribution in [2.45, 2.75) is 11.4 Å². The molecule has 0 bridgehead atoms. The van der Waals surface area contributed by atoms with Gasteiger partial charge in [0.2, 0.25) is 0 Å². The topological polar surface area (TPSA) is 66.5 Å². The van der Waals surface area contributed by atoms with Crippen LogP contribution in [0, 0.1) is 0 Å². The van der Waals surface area contributed by atoms with Crippen LogP contribution in [0.25, 0.3) is 0 Å². The summed E-state index contributed by atoms with van der Waals surface area (Å²) >= 11 is 5.95. The smallest absolute Gasteiger partial charge is 0.264 e. The van der Waals surface area contributed by atoms with Gasteiger partial charge in [-0.25, -0.2) is 8.42 Å². The van der Waals surface area contributed by atoms with E-state index in [2.05, 4.69) is 5.32 Å². The van der Waals surface area contributed by atoms with Crippen LogP contribution >= 0.6 is 11.6 Å². The lowest BCUT2D eigenvalue weighted by molar-refractivity contribution is 0.0951. The number of anilines is 1. The van der Waals surface area contributed by atoms with Crippen LogP contribution in [-0.4, -0.2) is 21.4 Å². The molecule has 7 heteroatoms. The minimum Gasteiger partial charge on any atom is -0.348 e. The minimum atomic E-state index is -3.71. The SMILES string of the molecule is CN(c1cccc(C(=O)NCc2cccc(Cl)c2)c1)S(=O)(=O)c1ccccc1. The molecule has 0 saturated carbocycles. The van der Waals surface area contributed by atoms with Crippen LogP contribution in [0.4, 0.5) is 5.69 Å². The zero-order chi connectivity index (χ0) is 20.1. The van der Waals surface area contributed by atoms with Crippen molar-refractivity contribution in [3.05, 3.63) is 95.0 Å². The fourth-order valence-electron chi connectivity index (χ4n) is 2.66. The highest BCUT2D eigenvalue weighted by atomic mass is 35.5. The van der Waals surface area contributed by atoms with Gasteiger partial charge in [-0.3, -0.25) is 9.10 Å². The van der Waals surface area contributed by atoms with Crippen molar-refractivity contribution >= 4 is 33.2 Å². The van der Waals surface area contributed by atoms with E-state index in [1.165, 1.54) is 19.2 Å². The van der Waals surface area contributed by atoms with E-state index in [1.54, 1.807) is 54.6 Å². The molecule has 0 unspecified atom stereocenters. The van der Waals surface area contributed by atoms with Gasteiger partial charge < -0.3 is 5.32 Å². The fraction of sp³-hybridized carbons (Fsp3) is 0.0952. The van der Waals surface area contributed by atoms with E-state index in [0.717, 1.165) is 9.87 Å². The van der Waals surface area contributed by atoms with Gasteiger partial charge >= 0.3 is 0 Å². The van der Waals surface area contributed by atoms with Crippen molar-refractivity contribution < 1.29 is 13.2 Å². The van der Waals surface area contributed by atoms with Gasteiger partial charge in [0.15, 0.2) is 0 Å². The minimum absolute atomic E-state index is 0.188. The maximum absolute atomic E-state index is 12.8. The molecule has 3 aromatic rings. The first-order valence-electron chi connectivity index (χ1n) is 8.54. The monoisotopic (exact) mass is 414 g/mol. The summed E-state index contributed by atoms with van der Waals surface area (Å²) in [5.74, 6) is -0.299. The molecule has 0 aliphatic carbocycles. The number of halogens is 1. The second kappa shape index (κ2) is 8.46. The number of carbonyl (C=O) groups excluding carboxylic acids is 1. The number of nitrogens with zero attached hydrogens (tertiary/aromatic N) is 1. The highest BCUT2D eigenvalue weighted by molar-refractivity contribution is 7.92. The second-order valence-electron chi connectivity index (χ2n) is 6.15. The number of carbonyl (C=O) groups is 1. The Balaban J connectivity index is 1.77. The second-order valence-corrected chi connectivity index (χ2v) is 8.55. The Hall–Kier alpha value is -2.83. The van der Waals surface area contributed by atoms with Crippen LogP contribution in [0.2, 0.25) is 5.02 Å². The van der Waals surface area contributed by atoms with Gasteiger partial charge in [0.05, 0.1) is 10.6 Å². The summed E-state index contributed by atoms with van der Waals surface area (Å²) in [6, 6.07) is 21.9. The molecule has 0 fully saturated rings. The Morgan fingerprint density at radius 2 is 1.68 bits per heavy atom. The van der Waals surface area contributed by atoms with Gasteiger partial charge in [0.25, 0.3) is 15.9 Å². The molecule has 3 aromatic carbocycles. The van der Waals surface area contributed by atoms with E-state index < -0.39 is 10.0 Å². The van der Waals surface area contributed by atoms with E-state index in [4.69, 9.17) is 11.6 Å². The number of nitrogens with one attached hydrogen (secondary N) is 1. The van der Waals surface area contributed by atoms with Crippen LogP contribution in [0.15, 0.2) is 83.8 Å². The van der Waals surface area contributed by atoms with Gasteiger partial charge in [-0.1, -0.05) is 48.0 Å². The van der Waals surface area contributed by atoms with E-state index in [0.29, 0.717) is 22.8 Å². The van der Waals surface area contributed by atoms with Crippen molar-refractivity contribution in [3.63, 3.8) is 0 Å². The van der Waals surface area contributed by atoms with Crippen molar-refractivity contribution in [2.75, 3.05) is 11.4 Å². The zero-order valence-corrected chi connectivity index (χ0v) is 16.7. The molecular formula is C21H19ClN2O3S. The third-order valence-electron chi connectivity index (χ3n) is 4.22. The van der Waals surface area contributed by atoms with Crippen LogP contribution in [0.5, 0.6) is 0 Å². The lowest BCUT2D eigenvalue weighted by atomic mass is 10.1. The first-order valence-corrected chi connectivity index (χ1v) is 10.4. The fourth-order valence-corrected chi connectivity index (χ4v) is 4.08. The summed E-state index contributed by atoms with van der Waals surface area (Å²) in [5, 5.41) is 3.41. The highest BCUT2D eigenvalue weighted by Crippen LogP contribution is 2.23. The van der Waals surface area contributed by atoms with Gasteiger partial charge in [0.1, 0.15) is 0 Å². The summed E-state index contributed by atoms with van der Waals surface area (Å²) in [6.07, 6.45) is 0. The summed E-state index contributed by atoms with van der Waals surface area (Å²) in [5.41, 5.74) is 1.65. The molecule has 0 spiro atoms. The Kier molecular flexibility index (Phi) is 6.02. The summed E-state index contributed by atoms with van der Waals surface area (Å²) in [7, 11) is -2.24. The predicted octanol–water partition coefficient (Wildman–Crippen LogP) is 4.10. The molecule has 0 atom stereocenters. The van der Waals surface area contributed by atoms with Crippen molar-refractivity contribution in [1.29, 1.82) is 0 Å². The summed E-state index contributed by atoms with van der Waals surface area (Å²) in [4.78, 5) is 12.7. The number of benzene rings is 3. The molecule has 1 amide bonds. The van der Waals surface area contributed by atoms with Gasteiger partial charge in [-0.05, 0) is 48.0 Å². The molecule has 0 aromatic heterocycles. The molecule has 3 rings (SSSR count). The van der Waals surface area contributed by atoms with Crippen molar-refractivity contribution in [3.8, 4) is 0 Å². The van der Waals surface area contributed by atoms with E-state index in [-0.39, 0.29) is 10.8 Å². The first kappa shape index (κ1) is 19.9. The number of hydrogen-bond donors (Lipinski definition) is 1. The Morgan fingerprint density at radius 3 is 2.39 bits per heavy atom. The van der Waals surface area contributed by atoms with E-state index in [9.17, 15) is 13.2 Å². The van der Waals surface area contributed by atoms with E-state index in [1.807, 2.05) is 12.1 Å². The quantitative estimate of drug-likeness (QED) is 0.660. The molecule has 5 nitrogen and oxygen atoms in total. The molecule has 1 N–H and O–H groups in total. The lowest BCUT2D eigenvalue weighted by Gasteiger charge is -2.20. The number of rotatable bonds is 6. The average Bonchev–Trinajstić information content (AvgIpc) is 2.72. The molecule has 0 saturated heterocycles. The zero-order valence-electron chi connectivity index (χ0n) is 15.2.